The molecule has 3 aromatic carbocycles. The van der Waals surface area contributed by atoms with Crippen LogP contribution in [0.4, 0.5) is 13.2 Å². The highest BCUT2D eigenvalue weighted by Gasteiger charge is 2.47. The number of unbranched alkanes of at least 4 members (excludes halogenated alkanes) is 7. The highest BCUT2D eigenvalue weighted by molar-refractivity contribution is 5.92. The molecule has 0 spiro atoms. The van der Waals surface area contributed by atoms with Crippen LogP contribution in [0.15, 0.2) is 72.8 Å². The molecule has 1 aliphatic rings. The van der Waals surface area contributed by atoms with Gasteiger partial charge in [-0.05, 0) is 78.9 Å². The third kappa shape index (κ3) is 10.9. The van der Waals surface area contributed by atoms with E-state index in [-0.39, 0.29) is 11.3 Å². The molecule has 0 heterocycles. The van der Waals surface area contributed by atoms with E-state index in [2.05, 4.69) is 6.92 Å². The van der Waals surface area contributed by atoms with Crippen LogP contribution in [0.25, 0.3) is 11.1 Å². The van der Waals surface area contributed by atoms with Gasteiger partial charge in [-0.1, -0.05) is 95.4 Å². The molecule has 8 heteroatoms. The number of carbonyl (C=O) groups excluding carboxylic acids is 2. The van der Waals surface area contributed by atoms with Gasteiger partial charge in [-0.2, -0.15) is 13.2 Å². The molecule has 1 saturated carbocycles. The van der Waals surface area contributed by atoms with Gasteiger partial charge in [0.1, 0.15) is 11.5 Å². The maximum Gasteiger partial charge on any atom is 0.425 e. The average Bonchev–Trinajstić information content (AvgIpc) is 3.07. The lowest BCUT2D eigenvalue weighted by Gasteiger charge is -2.31. The standard InChI is InChI=1S/C38H45F3O5/c1-2-3-4-5-6-7-8-12-27-44-33-23-19-29(20-24-33)28-15-17-31(18-16-28)36(42)45-34-25-21-32(22-26-34)37(43)46-35(38(39,40)41)30-13-10-9-11-14-30/h15-26,30,35H,2-14,27H2,1H3. The molecule has 4 rings (SSSR count). The summed E-state index contributed by atoms with van der Waals surface area (Å²) in [4.78, 5) is 25.3. The van der Waals surface area contributed by atoms with Crippen LogP contribution in [0.2, 0.25) is 0 Å². The number of rotatable bonds is 16. The van der Waals surface area contributed by atoms with E-state index in [0.29, 0.717) is 37.9 Å². The van der Waals surface area contributed by atoms with E-state index in [1.807, 2.05) is 36.4 Å². The molecule has 0 saturated heterocycles. The number of halogens is 3. The highest BCUT2D eigenvalue weighted by Crippen LogP contribution is 2.37. The molecule has 3 aromatic rings. The van der Waals surface area contributed by atoms with E-state index in [1.165, 1.54) is 69.2 Å². The number of alkyl halides is 3. The molecule has 0 amide bonds. The molecule has 0 bridgehead atoms. The van der Waals surface area contributed by atoms with E-state index < -0.39 is 30.1 Å². The summed E-state index contributed by atoms with van der Waals surface area (Å²) in [7, 11) is 0. The second-order valence-corrected chi connectivity index (χ2v) is 12.1. The van der Waals surface area contributed by atoms with Crippen LogP contribution in [0.3, 0.4) is 0 Å². The zero-order valence-electron chi connectivity index (χ0n) is 26.7. The van der Waals surface area contributed by atoms with Gasteiger partial charge in [0.15, 0.2) is 6.10 Å². The van der Waals surface area contributed by atoms with Crippen molar-refractivity contribution in [2.45, 2.75) is 103 Å². The molecular weight excluding hydrogens is 593 g/mol. The summed E-state index contributed by atoms with van der Waals surface area (Å²) < 4.78 is 57.2. The minimum absolute atomic E-state index is 0.0428. The molecule has 1 aliphatic carbocycles. The Morgan fingerprint density at radius 1 is 0.674 bits per heavy atom. The Hall–Kier alpha value is -3.81. The predicted molar refractivity (Wildman–Crippen MR) is 173 cm³/mol. The number of hydrogen-bond acceptors (Lipinski definition) is 5. The smallest absolute Gasteiger partial charge is 0.425 e. The van der Waals surface area contributed by atoms with Crippen LogP contribution in [-0.4, -0.2) is 30.8 Å². The molecule has 248 valence electrons. The largest absolute Gasteiger partial charge is 0.494 e. The van der Waals surface area contributed by atoms with Gasteiger partial charge in [-0.25, -0.2) is 9.59 Å². The van der Waals surface area contributed by atoms with Crippen molar-refractivity contribution in [2.24, 2.45) is 5.92 Å². The van der Waals surface area contributed by atoms with Crippen LogP contribution in [0, 0.1) is 5.92 Å². The van der Waals surface area contributed by atoms with Crippen molar-refractivity contribution in [3.05, 3.63) is 83.9 Å². The molecule has 1 unspecified atom stereocenters. The predicted octanol–water partition coefficient (Wildman–Crippen LogP) is 10.8. The minimum atomic E-state index is -4.63. The Morgan fingerprint density at radius 2 is 1.17 bits per heavy atom. The molecule has 5 nitrogen and oxygen atoms in total. The fourth-order valence-electron chi connectivity index (χ4n) is 5.84. The molecule has 1 fully saturated rings. The van der Waals surface area contributed by atoms with Gasteiger partial charge in [-0.3, -0.25) is 0 Å². The lowest BCUT2D eigenvalue weighted by molar-refractivity contribution is -0.222. The quantitative estimate of drug-likeness (QED) is 0.0887. The average molecular weight is 639 g/mol. The van der Waals surface area contributed by atoms with E-state index in [4.69, 9.17) is 14.2 Å². The van der Waals surface area contributed by atoms with Crippen LogP contribution in [0.5, 0.6) is 11.5 Å². The van der Waals surface area contributed by atoms with Gasteiger partial charge in [0.05, 0.1) is 17.7 Å². The molecule has 46 heavy (non-hydrogen) atoms. The highest BCUT2D eigenvalue weighted by atomic mass is 19.4. The SMILES string of the molecule is CCCCCCCCCCOc1ccc(-c2ccc(C(=O)Oc3ccc(C(=O)OC(C4CCCCC4)C(F)(F)F)cc3)cc2)cc1. The topological polar surface area (TPSA) is 61.8 Å². The number of benzene rings is 3. The number of ether oxygens (including phenoxy) is 3. The van der Waals surface area contributed by atoms with Crippen molar-refractivity contribution in [3.63, 3.8) is 0 Å². The lowest BCUT2D eigenvalue weighted by atomic mass is 9.85. The maximum atomic E-state index is 13.7. The molecule has 0 aliphatic heterocycles. The summed E-state index contributed by atoms with van der Waals surface area (Å²) in [5.74, 6) is -1.39. The van der Waals surface area contributed by atoms with Crippen LogP contribution >= 0.6 is 0 Å². The van der Waals surface area contributed by atoms with Crippen molar-refractivity contribution in [2.75, 3.05) is 6.61 Å². The lowest BCUT2D eigenvalue weighted by Crippen LogP contribution is -2.41. The Kier molecular flexibility index (Phi) is 13.5. The zero-order valence-corrected chi connectivity index (χ0v) is 26.7. The molecule has 0 N–H and O–H groups in total. The van der Waals surface area contributed by atoms with E-state index in [1.54, 1.807) is 12.1 Å². The fraction of sp³-hybridized carbons (Fsp3) is 0.474. The summed E-state index contributed by atoms with van der Waals surface area (Å²) in [5, 5.41) is 0. The Bertz CT molecular complexity index is 1350. The second kappa shape index (κ2) is 17.8. The van der Waals surface area contributed by atoms with Crippen molar-refractivity contribution in [1.82, 2.24) is 0 Å². The summed E-state index contributed by atoms with van der Waals surface area (Å²) in [6, 6.07) is 20.2. The Morgan fingerprint density at radius 3 is 1.76 bits per heavy atom. The minimum Gasteiger partial charge on any atom is -0.494 e. The van der Waals surface area contributed by atoms with Gasteiger partial charge in [0, 0.05) is 5.92 Å². The summed E-state index contributed by atoms with van der Waals surface area (Å²) >= 11 is 0. The van der Waals surface area contributed by atoms with E-state index in [0.717, 1.165) is 29.7 Å². The van der Waals surface area contributed by atoms with Gasteiger partial charge in [0.25, 0.3) is 0 Å². The van der Waals surface area contributed by atoms with Crippen molar-refractivity contribution < 1.29 is 37.0 Å². The molecule has 0 aromatic heterocycles. The molecule has 1 atom stereocenters. The number of esters is 2. The first-order chi connectivity index (χ1) is 22.2. The van der Waals surface area contributed by atoms with E-state index >= 15 is 0 Å². The van der Waals surface area contributed by atoms with Crippen molar-refractivity contribution in [3.8, 4) is 22.6 Å². The monoisotopic (exact) mass is 638 g/mol. The van der Waals surface area contributed by atoms with Gasteiger partial charge in [0.2, 0.25) is 0 Å². The maximum absolute atomic E-state index is 13.7. The van der Waals surface area contributed by atoms with Crippen LogP contribution in [0.1, 0.15) is 111 Å². The normalized spacial score (nSPS) is 14.4. The van der Waals surface area contributed by atoms with Crippen LogP contribution < -0.4 is 9.47 Å². The second-order valence-electron chi connectivity index (χ2n) is 12.1. The first kappa shape index (κ1) is 35.1. The van der Waals surface area contributed by atoms with Crippen molar-refractivity contribution >= 4 is 11.9 Å². The number of hydrogen-bond donors (Lipinski definition) is 0. The van der Waals surface area contributed by atoms with Gasteiger partial charge < -0.3 is 14.2 Å². The summed E-state index contributed by atoms with van der Waals surface area (Å²) in [6.45, 7) is 2.94. The first-order valence-electron chi connectivity index (χ1n) is 16.7. The van der Waals surface area contributed by atoms with Gasteiger partial charge >= 0.3 is 18.1 Å². The van der Waals surface area contributed by atoms with Crippen LogP contribution in [-0.2, 0) is 4.74 Å². The third-order valence-electron chi connectivity index (χ3n) is 8.51. The van der Waals surface area contributed by atoms with Crippen molar-refractivity contribution in [1.29, 1.82) is 0 Å². The Labute approximate surface area is 270 Å². The third-order valence-corrected chi connectivity index (χ3v) is 8.51. The summed E-state index contributed by atoms with van der Waals surface area (Å²) in [5.41, 5.74) is 2.20. The fourth-order valence-corrected chi connectivity index (χ4v) is 5.84. The van der Waals surface area contributed by atoms with E-state index in [9.17, 15) is 22.8 Å². The first-order valence-corrected chi connectivity index (χ1v) is 16.7. The Balaban J connectivity index is 1.23. The molecule has 0 radical (unpaired) electrons. The summed E-state index contributed by atoms with van der Waals surface area (Å²) in [6.07, 6.45) is 6.34. The molecular formula is C38H45F3O5. The van der Waals surface area contributed by atoms with Gasteiger partial charge in [-0.15, -0.1) is 0 Å². The zero-order chi connectivity index (χ0) is 32.8. The number of carbonyl (C=O) groups is 2.